The number of amides is 1. The number of rotatable bonds is 5. The molecule has 0 unspecified atom stereocenters. The molecule has 2 aromatic rings. The second-order valence-corrected chi connectivity index (χ2v) is 6.78. The third kappa shape index (κ3) is 3.51. The molecular weight excluding hydrogens is 302 g/mol. The van der Waals surface area contributed by atoms with Gasteiger partial charge in [-0.1, -0.05) is 31.0 Å². The van der Waals surface area contributed by atoms with Crippen LogP contribution in [0.3, 0.4) is 0 Å². The molecule has 0 spiro atoms. The number of benzene rings is 1. The Kier molecular flexibility index (Phi) is 4.71. The maximum atomic E-state index is 12.3. The minimum atomic E-state index is -0.714. The molecule has 1 aromatic heterocycles. The second-order valence-electron chi connectivity index (χ2n) is 6.78. The average molecular weight is 327 g/mol. The fraction of sp³-hybridized carbons (Fsp3) is 0.474. The maximum absolute atomic E-state index is 12.3. The van der Waals surface area contributed by atoms with E-state index in [-0.39, 0.29) is 5.91 Å². The molecule has 0 aliphatic heterocycles. The number of carbonyl (C=O) groups excluding carboxylic acids is 1. The number of nitrogens with one attached hydrogen (secondary N) is 1. The van der Waals surface area contributed by atoms with Crippen LogP contribution in [0.1, 0.15) is 42.6 Å². The first-order chi connectivity index (χ1) is 11.5. The van der Waals surface area contributed by atoms with Crippen LogP contribution in [-0.2, 0) is 11.2 Å². The zero-order valence-corrected chi connectivity index (χ0v) is 14.4. The summed E-state index contributed by atoms with van der Waals surface area (Å²) in [5.74, 6) is -0.0610. The summed E-state index contributed by atoms with van der Waals surface area (Å²) >= 11 is 0. The molecule has 1 amide bonds. The first-order valence-corrected chi connectivity index (χ1v) is 8.58. The predicted octanol–water partition coefficient (Wildman–Crippen LogP) is 2.45. The van der Waals surface area contributed by atoms with E-state index in [1.807, 2.05) is 48.9 Å². The molecule has 5 nitrogen and oxygen atoms in total. The molecule has 0 atom stereocenters. The lowest BCUT2D eigenvalue weighted by Gasteiger charge is -2.22. The van der Waals surface area contributed by atoms with E-state index in [9.17, 15) is 9.90 Å². The Bertz CT molecular complexity index is 716. The quantitative estimate of drug-likeness (QED) is 0.886. The van der Waals surface area contributed by atoms with Crippen molar-refractivity contribution in [1.29, 1.82) is 0 Å². The zero-order chi connectivity index (χ0) is 17.2. The molecule has 1 aliphatic carbocycles. The van der Waals surface area contributed by atoms with Crippen molar-refractivity contribution in [2.24, 2.45) is 0 Å². The van der Waals surface area contributed by atoms with Crippen LogP contribution >= 0.6 is 0 Å². The number of hydrogen-bond donors (Lipinski definition) is 2. The summed E-state index contributed by atoms with van der Waals surface area (Å²) in [6.07, 6.45) is 3.91. The van der Waals surface area contributed by atoms with Gasteiger partial charge in [0, 0.05) is 17.8 Å². The maximum Gasteiger partial charge on any atom is 0.224 e. The number of para-hydroxylation sites is 1. The predicted molar refractivity (Wildman–Crippen MR) is 93.2 cm³/mol. The molecule has 0 saturated heterocycles. The number of aryl methyl sites for hydroxylation is 1. The van der Waals surface area contributed by atoms with E-state index in [0.717, 1.165) is 48.3 Å². The van der Waals surface area contributed by atoms with E-state index >= 15 is 0 Å². The van der Waals surface area contributed by atoms with Gasteiger partial charge in [0.05, 0.1) is 23.4 Å². The fourth-order valence-electron chi connectivity index (χ4n) is 3.45. The Labute approximate surface area is 142 Å². The standard InChI is InChI=1S/C19H25N3O2/c1-14-17(12-18(23)20-13-19(24)10-6-7-11-19)15(2)22(21-14)16-8-4-3-5-9-16/h3-5,8-9,24H,6-7,10-13H2,1-2H3,(H,20,23). The number of carbonyl (C=O) groups is 1. The lowest BCUT2D eigenvalue weighted by Crippen LogP contribution is -2.41. The van der Waals surface area contributed by atoms with Gasteiger partial charge in [-0.3, -0.25) is 4.79 Å². The molecule has 0 radical (unpaired) electrons. The van der Waals surface area contributed by atoms with Gasteiger partial charge in [-0.05, 0) is 38.8 Å². The van der Waals surface area contributed by atoms with Crippen molar-refractivity contribution in [3.8, 4) is 5.69 Å². The third-order valence-electron chi connectivity index (χ3n) is 4.93. The largest absolute Gasteiger partial charge is 0.388 e. The molecule has 2 N–H and O–H groups in total. The summed E-state index contributed by atoms with van der Waals surface area (Å²) in [6.45, 7) is 4.26. The third-order valence-corrected chi connectivity index (χ3v) is 4.93. The topological polar surface area (TPSA) is 67.2 Å². The second kappa shape index (κ2) is 6.77. The molecule has 24 heavy (non-hydrogen) atoms. The lowest BCUT2D eigenvalue weighted by molar-refractivity contribution is -0.121. The van der Waals surface area contributed by atoms with Crippen LogP contribution in [0.15, 0.2) is 30.3 Å². The molecule has 1 fully saturated rings. The molecule has 128 valence electrons. The van der Waals surface area contributed by atoms with Crippen molar-refractivity contribution in [3.63, 3.8) is 0 Å². The van der Waals surface area contributed by atoms with E-state index in [1.165, 1.54) is 0 Å². The molecule has 5 heteroatoms. The van der Waals surface area contributed by atoms with Gasteiger partial charge in [0.1, 0.15) is 0 Å². The van der Waals surface area contributed by atoms with Gasteiger partial charge >= 0.3 is 0 Å². The Balaban J connectivity index is 1.69. The van der Waals surface area contributed by atoms with Crippen molar-refractivity contribution < 1.29 is 9.90 Å². The highest BCUT2D eigenvalue weighted by Crippen LogP contribution is 2.28. The lowest BCUT2D eigenvalue weighted by atomic mass is 10.0. The van der Waals surface area contributed by atoms with Gasteiger partial charge in [-0.15, -0.1) is 0 Å². The van der Waals surface area contributed by atoms with Crippen LogP contribution in [-0.4, -0.2) is 32.9 Å². The Morgan fingerprint density at radius 1 is 1.25 bits per heavy atom. The summed E-state index contributed by atoms with van der Waals surface area (Å²) in [6, 6.07) is 9.91. The van der Waals surface area contributed by atoms with Gasteiger partial charge in [-0.2, -0.15) is 5.10 Å². The van der Waals surface area contributed by atoms with Gasteiger partial charge < -0.3 is 10.4 Å². The highest BCUT2D eigenvalue weighted by molar-refractivity contribution is 5.79. The minimum absolute atomic E-state index is 0.0610. The van der Waals surface area contributed by atoms with Crippen LogP contribution in [0.25, 0.3) is 5.69 Å². The minimum Gasteiger partial charge on any atom is -0.388 e. The van der Waals surface area contributed by atoms with Gasteiger partial charge in [0.25, 0.3) is 0 Å². The summed E-state index contributed by atoms with van der Waals surface area (Å²) in [5, 5.41) is 17.8. The number of aromatic nitrogens is 2. The van der Waals surface area contributed by atoms with E-state index in [2.05, 4.69) is 10.4 Å². The van der Waals surface area contributed by atoms with E-state index in [0.29, 0.717) is 13.0 Å². The Morgan fingerprint density at radius 2 is 1.92 bits per heavy atom. The fourth-order valence-corrected chi connectivity index (χ4v) is 3.45. The highest BCUT2D eigenvalue weighted by atomic mass is 16.3. The van der Waals surface area contributed by atoms with E-state index < -0.39 is 5.60 Å². The van der Waals surface area contributed by atoms with Crippen molar-refractivity contribution in [1.82, 2.24) is 15.1 Å². The monoisotopic (exact) mass is 327 g/mol. The van der Waals surface area contributed by atoms with Crippen LogP contribution in [0.2, 0.25) is 0 Å². The van der Waals surface area contributed by atoms with Gasteiger partial charge in [0.15, 0.2) is 0 Å². The average Bonchev–Trinajstić information content (AvgIpc) is 3.13. The van der Waals surface area contributed by atoms with Crippen LogP contribution in [0.4, 0.5) is 0 Å². The van der Waals surface area contributed by atoms with Crippen molar-refractivity contribution in [2.45, 2.75) is 51.6 Å². The summed E-state index contributed by atoms with van der Waals surface area (Å²) in [7, 11) is 0. The number of nitrogens with zero attached hydrogens (tertiary/aromatic N) is 2. The summed E-state index contributed by atoms with van der Waals surface area (Å²) < 4.78 is 1.88. The Morgan fingerprint density at radius 3 is 2.58 bits per heavy atom. The smallest absolute Gasteiger partial charge is 0.224 e. The number of aliphatic hydroxyl groups is 1. The normalized spacial score (nSPS) is 16.3. The van der Waals surface area contributed by atoms with Gasteiger partial charge in [-0.25, -0.2) is 4.68 Å². The van der Waals surface area contributed by atoms with Gasteiger partial charge in [0.2, 0.25) is 5.91 Å². The van der Waals surface area contributed by atoms with Crippen LogP contribution in [0, 0.1) is 13.8 Å². The number of hydrogen-bond acceptors (Lipinski definition) is 3. The molecule has 3 rings (SSSR count). The zero-order valence-electron chi connectivity index (χ0n) is 14.4. The first kappa shape index (κ1) is 16.7. The summed E-state index contributed by atoms with van der Waals surface area (Å²) in [5.41, 5.74) is 3.08. The molecule has 0 bridgehead atoms. The van der Waals surface area contributed by atoms with Crippen LogP contribution < -0.4 is 5.32 Å². The molecule has 1 aliphatic rings. The van der Waals surface area contributed by atoms with Crippen molar-refractivity contribution in [3.05, 3.63) is 47.3 Å². The molecule has 1 saturated carbocycles. The highest BCUT2D eigenvalue weighted by Gasteiger charge is 2.31. The van der Waals surface area contributed by atoms with Crippen molar-refractivity contribution >= 4 is 5.91 Å². The molecule has 1 aromatic carbocycles. The van der Waals surface area contributed by atoms with E-state index in [4.69, 9.17) is 0 Å². The van der Waals surface area contributed by atoms with Crippen LogP contribution in [0.5, 0.6) is 0 Å². The summed E-state index contributed by atoms with van der Waals surface area (Å²) in [4.78, 5) is 12.3. The SMILES string of the molecule is Cc1nn(-c2ccccc2)c(C)c1CC(=O)NCC1(O)CCCC1. The first-order valence-electron chi connectivity index (χ1n) is 8.58. The van der Waals surface area contributed by atoms with E-state index in [1.54, 1.807) is 0 Å². The molecule has 1 heterocycles. The van der Waals surface area contributed by atoms with Crippen molar-refractivity contribution in [2.75, 3.05) is 6.54 Å². The molecular formula is C19H25N3O2. The Hall–Kier alpha value is -2.14.